The van der Waals surface area contributed by atoms with Crippen molar-refractivity contribution < 1.29 is 19.1 Å². The standard InChI is InChI=1S/C24H28N4O4/c1-25-23(29)15-7-8-20-21(12-15)28-22(27-20)14-5-4-6-17(9-14)26-24(30)16-10-18(31-2)13-19(11-16)32-3/h7-8,10-14,17H,4-6,9H2,1-3H3,(H,25,29)(H,26,30)(H,27,28). The summed E-state index contributed by atoms with van der Waals surface area (Å²) in [5, 5.41) is 5.80. The Bertz CT molecular complexity index is 1120. The van der Waals surface area contributed by atoms with Crippen molar-refractivity contribution in [1.82, 2.24) is 20.6 Å². The van der Waals surface area contributed by atoms with Gasteiger partial charge in [-0.1, -0.05) is 6.42 Å². The molecule has 0 aliphatic heterocycles. The topological polar surface area (TPSA) is 105 Å². The van der Waals surface area contributed by atoms with E-state index in [-0.39, 0.29) is 23.8 Å². The lowest BCUT2D eigenvalue weighted by molar-refractivity contribution is 0.0922. The second-order valence-corrected chi connectivity index (χ2v) is 8.07. The minimum Gasteiger partial charge on any atom is -0.497 e. The number of fused-ring (bicyclic) bond motifs is 1. The predicted molar refractivity (Wildman–Crippen MR) is 121 cm³/mol. The van der Waals surface area contributed by atoms with Crippen LogP contribution in [0.4, 0.5) is 0 Å². The number of ether oxygens (including phenoxy) is 2. The maximum Gasteiger partial charge on any atom is 0.251 e. The molecule has 1 aliphatic carbocycles. The summed E-state index contributed by atoms with van der Waals surface area (Å²) in [7, 11) is 4.74. The Morgan fingerprint density at radius 1 is 1.00 bits per heavy atom. The molecule has 8 nitrogen and oxygen atoms in total. The third kappa shape index (κ3) is 4.54. The fourth-order valence-corrected chi connectivity index (χ4v) is 4.28. The van der Waals surface area contributed by atoms with E-state index in [4.69, 9.17) is 14.5 Å². The van der Waals surface area contributed by atoms with Crippen LogP contribution in [0.2, 0.25) is 0 Å². The van der Waals surface area contributed by atoms with Crippen LogP contribution in [0, 0.1) is 0 Å². The van der Waals surface area contributed by atoms with Crippen molar-refractivity contribution in [2.45, 2.75) is 37.6 Å². The molecule has 2 amide bonds. The van der Waals surface area contributed by atoms with Crippen molar-refractivity contribution >= 4 is 22.8 Å². The molecule has 1 heterocycles. The first-order valence-corrected chi connectivity index (χ1v) is 10.8. The average molecular weight is 437 g/mol. The number of H-pyrrole nitrogens is 1. The molecule has 1 fully saturated rings. The van der Waals surface area contributed by atoms with Crippen LogP contribution < -0.4 is 20.1 Å². The summed E-state index contributed by atoms with van der Waals surface area (Å²) in [6.45, 7) is 0. The van der Waals surface area contributed by atoms with Crippen molar-refractivity contribution in [3.63, 3.8) is 0 Å². The Balaban J connectivity index is 1.48. The van der Waals surface area contributed by atoms with E-state index in [0.717, 1.165) is 42.5 Å². The van der Waals surface area contributed by atoms with Crippen molar-refractivity contribution in [2.24, 2.45) is 0 Å². The van der Waals surface area contributed by atoms with Crippen LogP contribution in [0.5, 0.6) is 11.5 Å². The Hall–Kier alpha value is -3.55. The lowest BCUT2D eigenvalue weighted by atomic mass is 9.85. The number of imidazole rings is 1. The largest absolute Gasteiger partial charge is 0.497 e. The third-order valence-electron chi connectivity index (χ3n) is 6.00. The molecule has 1 saturated carbocycles. The lowest BCUT2D eigenvalue weighted by Crippen LogP contribution is -2.38. The highest BCUT2D eigenvalue weighted by Crippen LogP contribution is 2.33. The normalized spacial score (nSPS) is 18.2. The second kappa shape index (κ2) is 9.30. The van der Waals surface area contributed by atoms with Gasteiger partial charge in [-0.25, -0.2) is 4.98 Å². The fourth-order valence-electron chi connectivity index (χ4n) is 4.28. The first-order valence-electron chi connectivity index (χ1n) is 10.8. The number of aromatic nitrogens is 2. The molecular weight excluding hydrogens is 408 g/mol. The zero-order valence-electron chi connectivity index (χ0n) is 18.5. The molecule has 0 spiro atoms. The summed E-state index contributed by atoms with van der Waals surface area (Å²) in [6, 6.07) is 10.7. The van der Waals surface area contributed by atoms with Gasteiger partial charge >= 0.3 is 0 Å². The van der Waals surface area contributed by atoms with E-state index in [9.17, 15) is 9.59 Å². The molecule has 0 saturated heterocycles. The molecule has 3 N–H and O–H groups in total. The van der Waals surface area contributed by atoms with Gasteiger partial charge in [0.05, 0.1) is 25.3 Å². The third-order valence-corrected chi connectivity index (χ3v) is 6.00. The number of benzene rings is 2. The predicted octanol–water partition coefficient (Wildman–Crippen LogP) is 3.40. The average Bonchev–Trinajstić information content (AvgIpc) is 3.26. The van der Waals surface area contributed by atoms with Crippen LogP contribution in [-0.4, -0.2) is 49.1 Å². The van der Waals surface area contributed by atoms with Gasteiger partial charge in [0.15, 0.2) is 0 Å². The van der Waals surface area contributed by atoms with Crippen LogP contribution >= 0.6 is 0 Å². The zero-order chi connectivity index (χ0) is 22.7. The fraction of sp³-hybridized carbons (Fsp3) is 0.375. The summed E-state index contributed by atoms with van der Waals surface area (Å²) >= 11 is 0. The molecule has 1 aliphatic rings. The maximum absolute atomic E-state index is 12.9. The minimum absolute atomic E-state index is 0.0492. The molecule has 168 valence electrons. The molecule has 0 radical (unpaired) electrons. The summed E-state index contributed by atoms with van der Waals surface area (Å²) in [5.74, 6) is 2.00. The van der Waals surface area contributed by atoms with Crippen molar-refractivity contribution in [1.29, 1.82) is 0 Å². The highest BCUT2D eigenvalue weighted by atomic mass is 16.5. The van der Waals surface area contributed by atoms with Gasteiger partial charge in [0.2, 0.25) is 0 Å². The monoisotopic (exact) mass is 436 g/mol. The second-order valence-electron chi connectivity index (χ2n) is 8.07. The molecule has 32 heavy (non-hydrogen) atoms. The number of carbonyl (C=O) groups excluding carboxylic acids is 2. The number of amides is 2. The smallest absolute Gasteiger partial charge is 0.251 e. The Labute approximate surface area is 186 Å². The SMILES string of the molecule is CNC(=O)c1ccc2nc(C3CCCC(NC(=O)c4cc(OC)cc(OC)c4)C3)[nH]c2c1. The van der Waals surface area contributed by atoms with Crippen LogP contribution in [-0.2, 0) is 0 Å². The number of hydrogen-bond donors (Lipinski definition) is 3. The number of aromatic amines is 1. The van der Waals surface area contributed by atoms with Gasteiger partial charge in [0, 0.05) is 36.2 Å². The maximum atomic E-state index is 12.9. The number of carbonyl (C=O) groups is 2. The van der Waals surface area contributed by atoms with E-state index in [1.807, 2.05) is 12.1 Å². The van der Waals surface area contributed by atoms with E-state index < -0.39 is 0 Å². The van der Waals surface area contributed by atoms with Gasteiger partial charge in [-0.3, -0.25) is 9.59 Å². The first kappa shape index (κ1) is 21.7. The van der Waals surface area contributed by atoms with Gasteiger partial charge in [-0.05, 0) is 49.6 Å². The van der Waals surface area contributed by atoms with E-state index in [2.05, 4.69) is 15.6 Å². The molecule has 2 aromatic carbocycles. The number of methoxy groups -OCH3 is 2. The molecule has 8 heteroatoms. The Kier molecular flexibility index (Phi) is 6.30. The van der Waals surface area contributed by atoms with Crippen molar-refractivity contribution in [3.05, 3.63) is 53.3 Å². The molecule has 1 aromatic heterocycles. The Morgan fingerprint density at radius 3 is 2.44 bits per heavy atom. The molecule has 0 bridgehead atoms. The van der Waals surface area contributed by atoms with Crippen LogP contribution in [0.3, 0.4) is 0 Å². The van der Waals surface area contributed by atoms with Gasteiger partial charge < -0.3 is 25.1 Å². The summed E-state index contributed by atoms with van der Waals surface area (Å²) in [4.78, 5) is 32.9. The molecule has 3 aromatic rings. The highest BCUT2D eigenvalue weighted by molar-refractivity contribution is 5.97. The Morgan fingerprint density at radius 2 is 1.75 bits per heavy atom. The van der Waals surface area contributed by atoms with E-state index in [1.54, 1.807) is 45.5 Å². The summed E-state index contributed by atoms with van der Waals surface area (Å²) in [6.07, 6.45) is 3.72. The summed E-state index contributed by atoms with van der Waals surface area (Å²) in [5.41, 5.74) is 2.78. The first-order chi connectivity index (χ1) is 15.5. The van der Waals surface area contributed by atoms with Crippen molar-refractivity contribution in [3.8, 4) is 11.5 Å². The molecule has 2 unspecified atom stereocenters. The zero-order valence-corrected chi connectivity index (χ0v) is 18.5. The highest BCUT2D eigenvalue weighted by Gasteiger charge is 2.27. The van der Waals surface area contributed by atoms with Gasteiger partial charge in [0.1, 0.15) is 17.3 Å². The number of hydrogen-bond acceptors (Lipinski definition) is 5. The quantitative estimate of drug-likeness (QED) is 0.549. The minimum atomic E-state index is -0.146. The lowest BCUT2D eigenvalue weighted by Gasteiger charge is -2.28. The van der Waals surface area contributed by atoms with Crippen LogP contribution in [0.25, 0.3) is 11.0 Å². The summed E-state index contributed by atoms with van der Waals surface area (Å²) < 4.78 is 10.5. The van der Waals surface area contributed by atoms with E-state index >= 15 is 0 Å². The van der Waals surface area contributed by atoms with Gasteiger partial charge in [-0.15, -0.1) is 0 Å². The number of rotatable bonds is 6. The molecular formula is C24H28N4O4. The van der Waals surface area contributed by atoms with Crippen LogP contribution in [0.1, 0.15) is 58.1 Å². The molecule has 2 atom stereocenters. The van der Waals surface area contributed by atoms with E-state index in [1.165, 1.54) is 0 Å². The number of nitrogens with one attached hydrogen (secondary N) is 3. The van der Waals surface area contributed by atoms with Gasteiger partial charge in [-0.2, -0.15) is 0 Å². The van der Waals surface area contributed by atoms with E-state index in [0.29, 0.717) is 22.6 Å². The van der Waals surface area contributed by atoms with Crippen LogP contribution in [0.15, 0.2) is 36.4 Å². The number of nitrogens with zero attached hydrogens (tertiary/aromatic N) is 1. The molecule has 4 rings (SSSR count). The van der Waals surface area contributed by atoms with Gasteiger partial charge in [0.25, 0.3) is 11.8 Å². The van der Waals surface area contributed by atoms with Crippen molar-refractivity contribution in [2.75, 3.05) is 21.3 Å².